The minimum atomic E-state index is -0.132. The van der Waals surface area contributed by atoms with Gasteiger partial charge in [0, 0.05) is 18.7 Å². The molecular formula is C18H23ClN4O2S. The van der Waals surface area contributed by atoms with E-state index in [4.69, 9.17) is 5.26 Å². The predicted octanol–water partition coefficient (Wildman–Crippen LogP) is 3.19. The van der Waals surface area contributed by atoms with Gasteiger partial charge in [-0.2, -0.15) is 5.26 Å². The Bertz CT molecular complexity index is 797. The minimum absolute atomic E-state index is 0. The summed E-state index contributed by atoms with van der Waals surface area (Å²) in [5, 5.41) is 22.2. The number of benzene rings is 1. The van der Waals surface area contributed by atoms with Gasteiger partial charge in [0.05, 0.1) is 11.3 Å². The third kappa shape index (κ3) is 5.18. The number of aromatic nitrogens is 1. The normalized spacial score (nSPS) is 10.3. The third-order valence-corrected chi connectivity index (χ3v) is 5.18. The van der Waals surface area contributed by atoms with Crippen molar-refractivity contribution in [2.75, 3.05) is 26.2 Å². The zero-order valence-corrected chi connectivity index (χ0v) is 16.7. The lowest BCUT2D eigenvalue weighted by Crippen LogP contribution is -2.34. The molecule has 26 heavy (non-hydrogen) atoms. The van der Waals surface area contributed by atoms with Gasteiger partial charge in [-0.15, -0.1) is 23.7 Å². The molecule has 8 heteroatoms. The maximum absolute atomic E-state index is 12.4. The van der Waals surface area contributed by atoms with Crippen LogP contribution in [0, 0.1) is 18.3 Å². The van der Waals surface area contributed by atoms with Gasteiger partial charge in [-0.25, -0.2) is 4.98 Å². The lowest BCUT2D eigenvalue weighted by Gasteiger charge is -2.17. The molecule has 0 saturated carbocycles. The van der Waals surface area contributed by atoms with Crippen LogP contribution in [-0.2, 0) is 0 Å². The highest BCUT2D eigenvalue weighted by Gasteiger charge is 2.17. The van der Waals surface area contributed by atoms with Gasteiger partial charge in [-0.1, -0.05) is 13.8 Å². The van der Waals surface area contributed by atoms with Gasteiger partial charge in [-0.3, -0.25) is 4.79 Å². The summed E-state index contributed by atoms with van der Waals surface area (Å²) in [5.74, 6) is -0.193. The fraction of sp³-hybridized carbons (Fsp3) is 0.389. The van der Waals surface area contributed by atoms with Gasteiger partial charge in [-0.05, 0) is 38.2 Å². The number of aromatic hydroxyl groups is 1. The number of carbonyl (C=O) groups is 1. The number of nitriles is 1. The van der Waals surface area contributed by atoms with Crippen molar-refractivity contribution in [3.63, 3.8) is 0 Å². The Labute approximate surface area is 163 Å². The number of hydrogen-bond donors (Lipinski definition) is 2. The molecule has 0 fully saturated rings. The second kappa shape index (κ2) is 10.1. The Morgan fingerprint density at radius 3 is 2.69 bits per heavy atom. The maximum atomic E-state index is 12.4. The number of rotatable bonds is 7. The fourth-order valence-corrected chi connectivity index (χ4v) is 3.42. The first-order valence-corrected chi connectivity index (χ1v) is 9.03. The standard InChI is InChI=1S/C18H22N4O2S.ClH/c1-4-22(5-2)9-8-20-17(24)16-12(3)21-18(25-16)13-6-7-15(23)14(10-13)11-19;/h6-7,10,23H,4-5,8-9H2,1-3H3,(H,20,24);1H. The summed E-state index contributed by atoms with van der Waals surface area (Å²) in [4.78, 5) is 19.6. The zero-order valence-electron chi connectivity index (χ0n) is 15.1. The zero-order chi connectivity index (χ0) is 18.4. The topological polar surface area (TPSA) is 89.3 Å². The highest BCUT2D eigenvalue weighted by molar-refractivity contribution is 7.17. The van der Waals surface area contributed by atoms with E-state index in [0.717, 1.165) is 19.6 Å². The first-order valence-electron chi connectivity index (χ1n) is 8.21. The summed E-state index contributed by atoms with van der Waals surface area (Å²) in [6.07, 6.45) is 0. The Morgan fingerprint density at radius 2 is 2.08 bits per heavy atom. The lowest BCUT2D eigenvalue weighted by atomic mass is 10.1. The van der Waals surface area contributed by atoms with E-state index in [2.05, 4.69) is 29.0 Å². The third-order valence-electron chi connectivity index (χ3n) is 3.97. The molecule has 0 aliphatic heterocycles. The summed E-state index contributed by atoms with van der Waals surface area (Å²) in [6.45, 7) is 9.30. The molecule has 0 radical (unpaired) electrons. The van der Waals surface area contributed by atoms with Gasteiger partial charge in [0.1, 0.15) is 21.7 Å². The van der Waals surface area contributed by atoms with E-state index in [1.807, 2.05) is 6.07 Å². The first-order chi connectivity index (χ1) is 12.0. The number of phenolic OH excluding ortho intramolecular Hbond substituents is 1. The van der Waals surface area contributed by atoms with E-state index in [-0.39, 0.29) is 29.6 Å². The second-order valence-electron chi connectivity index (χ2n) is 5.56. The van der Waals surface area contributed by atoms with E-state index in [0.29, 0.717) is 27.7 Å². The van der Waals surface area contributed by atoms with Crippen molar-refractivity contribution in [1.29, 1.82) is 5.26 Å². The van der Waals surface area contributed by atoms with Gasteiger partial charge in [0.15, 0.2) is 0 Å². The van der Waals surface area contributed by atoms with Crippen LogP contribution in [0.1, 0.15) is 34.8 Å². The Balaban J connectivity index is 0.00000338. The molecule has 0 atom stereocenters. The molecule has 1 heterocycles. The molecule has 1 aromatic carbocycles. The Morgan fingerprint density at radius 1 is 1.38 bits per heavy atom. The summed E-state index contributed by atoms with van der Waals surface area (Å²) < 4.78 is 0. The van der Waals surface area contributed by atoms with Crippen molar-refractivity contribution >= 4 is 29.7 Å². The quantitative estimate of drug-likeness (QED) is 0.752. The van der Waals surface area contributed by atoms with Crippen LogP contribution in [0.25, 0.3) is 10.6 Å². The van der Waals surface area contributed by atoms with Crippen LogP contribution in [-0.4, -0.2) is 47.1 Å². The molecule has 1 aromatic heterocycles. The highest BCUT2D eigenvalue weighted by Crippen LogP contribution is 2.30. The van der Waals surface area contributed by atoms with Crippen molar-refractivity contribution in [1.82, 2.24) is 15.2 Å². The lowest BCUT2D eigenvalue weighted by molar-refractivity contribution is 0.0952. The van der Waals surface area contributed by atoms with Gasteiger partial charge < -0.3 is 15.3 Å². The maximum Gasteiger partial charge on any atom is 0.263 e. The van der Waals surface area contributed by atoms with Crippen LogP contribution in [0.5, 0.6) is 5.75 Å². The number of phenols is 1. The number of hydrogen-bond acceptors (Lipinski definition) is 6. The fourth-order valence-electron chi connectivity index (χ4n) is 2.44. The van der Waals surface area contributed by atoms with Crippen molar-refractivity contribution < 1.29 is 9.90 Å². The monoisotopic (exact) mass is 394 g/mol. The molecule has 6 nitrogen and oxygen atoms in total. The van der Waals surface area contributed by atoms with Gasteiger partial charge in [0.25, 0.3) is 5.91 Å². The van der Waals surface area contributed by atoms with Crippen LogP contribution in [0.4, 0.5) is 0 Å². The van der Waals surface area contributed by atoms with E-state index in [9.17, 15) is 9.90 Å². The molecule has 0 aliphatic carbocycles. The number of carbonyl (C=O) groups excluding carboxylic acids is 1. The van der Waals surface area contributed by atoms with Crippen molar-refractivity contribution in [2.24, 2.45) is 0 Å². The number of thiazole rings is 1. The van der Waals surface area contributed by atoms with E-state index < -0.39 is 0 Å². The van der Waals surface area contributed by atoms with Crippen molar-refractivity contribution in [3.8, 4) is 22.4 Å². The molecule has 2 N–H and O–H groups in total. The molecule has 1 amide bonds. The van der Waals surface area contributed by atoms with E-state index in [1.165, 1.54) is 17.4 Å². The largest absolute Gasteiger partial charge is 0.507 e. The average molecular weight is 395 g/mol. The second-order valence-corrected chi connectivity index (χ2v) is 6.56. The Hall–Kier alpha value is -2.14. The number of halogens is 1. The summed E-state index contributed by atoms with van der Waals surface area (Å²) in [7, 11) is 0. The van der Waals surface area contributed by atoms with Crippen LogP contribution < -0.4 is 5.32 Å². The summed E-state index contributed by atoms with van der Waals surface area (Å²) in [6, 6.07) is 6.68. The smallest absolute Gasteiger partial charge is 0.263 e. The molecule has 2 rings (SSSR count). The van der Waals surface area contributed by atoms with E-state index in [1.54, 1.807) is 19.1 Å². The van der Waals surface area contributed by atoms with Crippen molar-refractivity contribution in [3.05, 3.63) is 34.3 Å². The molecule has 140 valence electrons. The summed E-state index contributed by atoms with van der Waals surface area (Å²) in [5.41, 5.74) is 1.56. The van der Waals surface area contributed by atoms with Gasteiger partial charge in [0.2, 0.25) is 0 Å². The summed E-state index contributed by atoms with van der Waals surface area (Å²) >= 11 is 1.29. The minimum Gasteiger partial charge on any atom is -0.507 e. The van der Waals surface area contributed by atoms with Crippen LogP contribution >= 0.6 is 23.7 Å². The Kier molecular flexibility index (Phi) is 8.52. The average Bonchev–Trinajstić information content (AvgIpc) is 3.01. The van der Waals surface area contributed by atoms with Crippen molar-refractivity contribution in [2.45, 2.75) is 20.8 Å². The molecule has 0 aliphatic rings. The number of nitrogens with one attached hydrogen (secondary N) is 1. The predicted molar refractivity (Wildman–Crippen MR) is 106 cm³/mol. The number of nitrogens with zero attached hydrogens (tertiary/aromatic N) is 3. The number of likely N-dealkylation sites (N-methyl/N-ethyl adjacent to an activating group) is 1. The SMILES string of the molecule is CCN(CC)CCNC(=O)c1sc(-c2ccc(O)c(C#N)c2)nc1C.Cl. The highest BCUT2D eigenvalue weighted by atomic mass is 35.5. The molecule has 2 aromatic rings. The number of amides is 1. The van der Waals surface area contributed by atoms with Crippen LogP contribution in [0.15, 0.2) is 18.2 Å². The first kappa shape index (κ1) is 21.9. The van der Waals surface area contributed by atoms with Crippen LogP contribution in [0.3, 0.4) is 0 Å². The number of aryl methyl sites for hydroxylation is 1. The van der Waals surface area contributed by atoms with E-state index >= 15 is 0 Å². The van der Waals surface area contributed by atoms with Gasteiger partial charge >= 0.3 is 0 Å². The molecule has 0 spiro atoms. The molecular weight excluding hydrogens is 372 g/mol. The molecule has 0 unspecified atom stereocenters. The molecule has 0 bridgehead atoms. The van der Waals surface area contributed by atoms with Crippen LogP contribution in [0.2, 0.25) is 0 Å². The molecule has 0 saturated heterocycles.